The third-order valence-electron chi connectivity index (χ3n) is 4.94. The Morgan fingerprint density at radius 2 is 2.04 bits per heavy atom. The molecular weight excluding hydrogens is 397 g/mol. The molecule has 2 N–H and O–H groups in total. The van der Waals surface area contributed by atoms with E-state index in [1.807, 2.05) is 12.3 Å². The van der Waals surface area contributed by atoms with Crippen LogP contribution in [0.5, 0.6) is 0 Å². The van der Waals surface area contributed by atoms with Gasteiger partial charge in [-0.2, -0.15) is 0 Å². The van der Waals surface area contributed by atoms with Crippen LogP contribution >= 0.6 is 23.1 Å². The average molecular weight is 418 g/mol. The molecule has 0 bridgehead atoms. The molecule has 3 aromatic rings. The molecular formula is C20H20FN3O2S2. The summed E-state index contributed by atoms with van der Waals surface area (Å²) in [5.74, 6) is -0.350. The molecule has 0 radical (unpaired) electrons. The maximum Gasteiger partial charge on any atom is 0.260 e. The van der Waals surface area contributed by atoms with Gasteiger partial charge in [-0.05, 0) is 37.5 Å². The lowest BCUT2D eigenvalue weighted by Crippen LogP contribution is -2.37. The summed E-state index contributed by atoms with van der Waals surface area (Å²) in [4.78, 5) is 33.0. The molecule has 8 heteroatoms. The summed E-state index contributed by atoms with van der Waals surface area (Å²) in [5, 5.41) is 5.50. The van der Waals surface area contributed by atoms with Crippen LogP contribution in [0.2, 0.25) is 0 Å². The van der Waals surface area contributed by atoms with Crippen molar-refractivity contribution in [3.63, 3.8) is 0 Å². The van der Waals surface area contributed by atoms with E-state index in [-0.39, 0.29) is 28.6 Å². The smallest absolute Gasteiger partial charge is 0.260 e. The highest BCUT2D eigenvalue weighted by Gasteiger charge is 2.22. The van der Waals surface area contributed by atoms with Crippen molar-refractivity contribution < 1.29 is 9.18 Å². The van der Waals surface area contributed by atoms with E-state index in [1.54, 1.807) is 12.1 Å². The van der Waals surface area contributed by atoms with Gasteiger partial charge in [-0.25, -0.2) is 9.37 Å². The molecule has 0 aliphatic heterocycles. The maximum absolute atomic E-state index is 13.2. The first-order valence-electron chi connectivity index (χ1n) is 9.26. The number of thioether (sulfide) groups is 1. The Labute approximate surface area is 169 Å². The Hall–Kier alpha value is -2.19. The Bertz CT molecular complexity index is 1060. The first-order valence-corrected chi connectivity index (χ1v) is 11.0. The number of carbonyl (C=O) groups excluding carboxylic acids is 1. The molecule has 1 aromatic carbocycles. The largest absolute Gasteiger partial charge is 0.352 e. The fourth-order valence-electron chi connectivity index (χ4n) is 3.44. The van der Waals surface area contributed by atoms with Crippen LogP contribution in [-0.4, -0.2) is 27.2 Å². The number of amides is 1. The molecule has 1 atom stereocenters. The van der Waals surface area contributed by atoms with Gasteiger partial charge in [-0.1, -0.05) is 36.7 Å². The Balaban J connectivity index is 1.55. The van der Waals surface area contributed by atoms with E-state index in [9.17, 15) is 14.0 Å². The number of nitrogens with one attached hydrogen (secondary N) is 2. The third kappa shape index (κ3) is 3.98. The van der Waals surface area contributed by atoms with E-state index >= 15 is 0 Å². The fourth-order valence-corrected chi connectivity index (χ4v) is 5.25. The quantitative estimate of drug-likeness (QED) is 0.479. The van der Waals surface area contributed by atoms with E-state index in [2.05, 4.69) is 15.3 Å². The molecule has 2 aromatic heterocycles. The Morgan fingerprint density at radius 3 is 2.75 bits per heavy atom. The maximum atomic E-state index is 13.2. The number of halogens is 1. The van der Waals surface area contributed by atoms with Gasteiger partial charge in [0.2, 0.25) is 5.91 Å². The van der Waals surface area contributed by atoms with E-state index in [0.29, 0.717) is 15.4 Å². The van der Waals surface area contributed by atoms with Crippen molar-refractivity contribution in [3.05, 3.63) is 45.8 Å². The molecule has 4 rings (SSSR count). The summed E-state index contributed by atoms with van der Waals surface area (Å²) in [6, 6.07) is 6.30. The number of benzene rings is 1. The highest BCUT2D eigenvalue weighted by molar-refractivity contribution is 8.00. The zero-order chi connectivity index (χ0) is 19.7. The molecule has 1 aliphatic rings. The summed E-state index contributed by atoms with van der Waals surface area (Å²) >= 11 is 2.61. The second-order valence-electron chi connectivity index (χ2n) is 6.96. The number of aromatic amines is 1. The van der Waals surface area contributed by atoms with E-state index < -0.39 is 0 Å². The molecule has 0 saturated heterocycles. The minimum absolute atomic E-state index is 0.0298. The highest BCUT2D eigenvalue weighted by Crippen LogP contribution is 2.32. The van der Waals surface area contributed by atoms with Crippen LogP contribution in [0.15, 0.2) is 39.6 Å². The van der Waals surface area contributed by atoms with E-state index in [4.69, 9.17) is 0 Å². The van der Waals surface area contributed by atoms with Crippen LogP contribution in [0, 0.1) is 5.82 Å². The number of rotatable bonds is 5. The topological polar surface area (TPSA) is 74.8 Å². The zero-order valence-electron chi connectivity index (χ0n) is 15.3. The van der Waals surface area contributed by atoms with E-state index in [1.165, 1.54) is 35.2 Å². The van der Waals surface area contributed by atoms with Gasteiger partial charge in [0.25, 0.3) is 5.56 Å². The lowest BCUT2D eigenvalue weighted by molar-refractivity contribution is -0.120. The van der Waals surface area contributed by atoms with Crippen molar-refractivity contribution in [2.45, 2.75) is 49.1 Å². The lowest BCUT2D eigenvalue weighted by Gasteiger charge is -2.15. The number of H-pyrrole nitrogens is 1. The van der Waals surface area contributed by atoms with Crippen molar-refractivity contribution in [1.29, 1.82) is 0 Å². The predicted molar refractivity (Wildman–Crippen MR) is 111 cm³/mol. The van der Waals surface area contributed by atoms with Crippen molar-refractivity contribution in [2.75, 3.05) is 0 Å². The van der Waals surface area contributed by atoms with Crippen LogP contribution in [-0.2, 0) is 4.79 Å². The average Bonchev–Trinajstić information content (AvgIpc) is 3.32. The van der Waals surface area contributed by atoms with Crippen LogP contribution in [0.3, 0.4) is 0 Å². The summed E-state index contributed by atoms with van der Waals surface area (Å²) in [6.07, 6.45) is 4.39. The van der Waals surface area contributed by atoms with Crippen LogP contribution in [0.1, 0.15) is 32.6 Å². The minimum Gasteiger partial charge on any atom is -0.352 e. The third-order valence-corrected chi connectivity index (χ3v) is 6.79. The number of carbonyl (C=O) groups is 1. The molecule has 1 fully saturated rings. The van der Waals surface area contributed by atoms with Crippen LogP contribution in [0.4, 0.5) is 4.39 Å². The number of aromatic nitrogens is 2. The summed E-state index contributed by atoms with van der Waals surface area (Å²) in [6.45, 7) is 1.82. The molecule has 28 heavy (non-hydrogen) atoms. The molecule has 146 valence electrons. The monoisotopic (exact) mass is 417 g/mol. The number of fused-ring (bicyclic) bond motifs is 1. The molecule has 2 heterocycles. The van der Waals surface area contributed by atoms with Crippen LogP contribution < -0.4 is 10.9 Å². The van der Waals surface area contributed by atoms with Gasteiger partial charge in [-0.3, -0.25) is 9.59 Å². The summed E-state index contributed by atoms with van der Waals surface area (Å²) in [7, 11) is 0. The SMILES string of the molecule is C[C@H](Sc1nc2scc(-c3ccc(F)cc3)c2c(=O)[nH]1)C(=O)NC1CCCC1. The number of thiophene rings is 1. The summed E-state index contributed by atoms with van der Waals surface area (Å²) in [5.41, 5.74) is 1.25. The second kappa shape index (κ2) is 8.05. The number of nitrogens with zero attached hydrogens (tertiary/aromatic N) is 1. The van der Waals surface area contributed by atoms with Gasteiger partial charge >= 0.3 is 0 Å². The Morgan fingerprint density at radius 1 is 1.32 bits per heavy atom. The molecule has 1 amide bonds. The molecule has 0 spiro atoms. The highest BCUT2D eigenvalue weighted by atomic mass is 32.2. The van der Waals surface area contributed by atoms with Gasteiger partial charge in [0.15, 0.2) is 5.16 Å². The standard InChI is InChI=1S/C20H20FN3O2S2/c1-11(17(25)22-14-4-2-3-5-14)28-20-23-18(26)16-15(10-27-19(16)24-20)12-6-8-13(21)9-7-12/h6-11,14H,2-5H2,1H3,(H,22,25)(H,23,24,26)/t11-/m0/s1. The zero-order valence-corrected chi connectivity index (χ0v) is 17.0. The van der Waals surface area contributed by atoms with Gasteiger partial charge in [0.1, 0.15) is 10.6 Å². The van der Waals surface area contributed by atoms with Crippen LogP contribution in [0.25, 0.3) is 21.3 Å². The fraction of sp³-hybridized carbons (Fsp3) is 0.350. The number of hydrogen-bond donors (Lipinski definition) is 2. The molecule has 1 saturated carbocycles. The van der Waals surface area contributed by atoms with E-state index in [0.717, 1.165) is 36.8 Å². The van der Waals surface area contributed by atoms with Crippen molar-refractivity contribution >= 4 is 39.2 Å². The molecule has 1 aliphatic carbocycles. The first kappa shape index (κ1) is 19.1. The second-order valence-corrected chi connectivity index (χ2v) is 9.15. The van der Waals surface area contributed by atoms with Gasteiger partial charge in [0.05, 0.1) is 10.6 Å². The summed E-state index contributed by atoms with van der Waals surface area (Å²) < 4.78 is 13.2. The van der Waals surface area contributed by atoms with Crippen molar-refractivity contribution in [1.82, 2.24) is 15.3 Å². The molecule has 0 unspecified atom stereocenters. The normalized spacial score (nSPS) is 15.8. The van der Waals surface area contributed by atoms with Crippen molar-refractivity contribution in [3.8, 4) is 11.1 Å². The lowest BCUT2D eigenvalue weighted by atomic mass is 10.1. The van der Waals surface area contributed by atoms with Crippen molar-refractivity contribution in [2.24, 2.45) is 0 Å². The minimum atomic E-state index is -0.349. The van der Waals surface area contributed by atoms with Gasteiger partial charge < -0.3 is 10.3 Å². The van der Waals surface area contributed by atoms with Gasteiger partial charge in [0, 0.05) is 17.0 Å². The number of hydrogen-bond acceptors (Lipinski definition) is 5. The Kier molecular flexibility index (Phi) is 5.50. The molecule has 5 nitrogen and oxygen atoms in total. The first-order chi connectivity index (χ1) is 13.5. The predicted octanol–water partition coefficient (Wildman–Crippen LogP) is 4.33. The van der Waals surface area contributed by atoms with Gasteiger partial charge in [-0.15, -0.1) is 11.3 Å².